The normalized spacial score (nSPS) is 17.7. The minimum Gasteiger partial charge on any atom is -0.466 e. The largest absolute Gasteiger partial charge is 0.512 e. The first-order valence-corrected chi connectivity index (χ1v) is 9.99. The van der Waals surface area contributed by atoms with Crippen molar-refractivity contribution in [1.82, 2.24) is 9.58 Å². The van der Waals surface area contributed by atoms with Crippen LogP contribution >= 0.6 is 0 Å². The Labute approximate surface area is 187 Å². The van der Waals surface area contributed by atoms with E-state index >= 15 is 0 Å². The van der Waals surface area contributed by atoms with Crippen LogP contribution in [-0.2, 0) is 23.7 Å². The molecular formula is C21H21N3O9. The van der Waals surface area contributed by atoms with Gasteiger partial charge in [0.1, 0.15) is 6.17 Å². The molecule has 1 aromatic heterocycles. The van der Waals surface area contributed by atoms with Crippen molar-refractivity contribution >= 4 is 18.0 Å². The Morgan fingerprint density at radius 1 is 1.21 bits per heavy atom. The fourth-order valence-corrected chi connectivity index (χ4v) is 3.47. The molecule has 1 amide bonds. The van der Waals surface area contributed by atoms with E-state index in [1.54, 1.807) is 30.3 Å². The quantitative estimate of drug-likeness (QED) is 0.483. The van der Waals surface area contributed by atoms with Crippen LogP contribution in [0.15, 0.2) is 47.4 Å². The Hall–Kier alpha value is -4.06. The number of nitrogens with zero attached hydrogens (tertiary/aromatic N) is 2. The third-order valence-corrected chi connectivity index (χ3v) is 5.05. The van der Waals surface area contributed by atoms with Crippen molar-refractivity contribution in [3.63, 3.8) is 0 Å². The van der Waals surface area contributed by atoms with Crippen LogP contribution in [0.5, 0.6) is 5.75 Å². The number of pyridine rings is 1. The predicted molar refractivity (Wildman–Crippen MR) is 110 cm³/mol. The lowest BCUT2D eigenvalue weighted by atomic mass is 10.1. The fourth-order valence-electron chi connectivity index (χ4n) is 3.47. The number of rotatable bonds is 6. The molecule has 3 heterocycles. The van der Waals surface area contributed by atoms with Crippen LogP contribution in [0.3, 0.4) is 0 Å². The Bertz CT molecular complexity index is 1100. The van der Waals surface area contributed by atoms with Crippen molar-refractivity contribution in [3.05, 3.63) is 64.1 Å². The average molecular weight is 459 g/mol. The monoisotopic (exact) mass is 459 g/mol. The lowest BCUT2D eigenvalue weighted by Crippen LogP contribution is -2.59. The molecule has 12 heteroatoms. The summed E-state index contributed by atoms with van der Waals surface area (Å²) in [4.78, 5) is 51.0. The molecule has 33 heavy (non-hydrogen) atoms. The molecule has 2 aliphatic rings. The first-order valence-electron chi connectivity index (χ1n) is 9.99. The van der Waals surface area contributed by atoms with Gasteiger partial charge in [-0.1, -0.05) is 30.3 Å². The van der Waals surface area contributed by atoms with E-state index in [1.165, 1.54) is 21.8 Å². The van der Waals surface area contributed by atoms with Crippen LogP contribution in [-0.4, -0.2) is 67.4 Å². The van der Waals surface area contributed by atoms with Crippen molar-refractivity contribution in [2.75, 3.05) is 39.1 Å². The standard InChI is InChI=1S/C21H21N3O9/c1-29-20(27)17(13-5-3-2-4-6-13)33-21(28)32-12-31-18-14(25)7-8-24-16(18)19(26)23-9-10-30-11-15(23)22-24/h2-8,15,17,22H,9-12H2,1H3. The second-order valence-corrected chi connectivity index (χ2v) is 7.03. The van der Waals surface area contributed by atoms with E-state index in [9.17, 15) is 19.2 Å². The SMILES string of the molecule is COC(=O)C(OC(=O)OCOc1c2n(ccc1=O)NC1COCCN1C2=O)c1ccccc1. The van der Waals surface area contributed by atoms with Crippen LogP contribution in [0.25, 0.3) is 0 Å². The highest BCUT2D eigenvalue weighted by atomic mass is 16.8. The van der Waals surface area contributed by atoms with Crippen LogP contribution in [0, 0.1) is 0 Å². The molecule has 0 bridgehead atoms. The van der Waals surface area contributed by atoms with E-state index in [-0.39, 0.29) is 17.6 Å². The molecule has 0 spiro atoms. The van der Waals surface area contributed by atoms with Crippen molar-refractivity contribution in [3.8, 4) is 5.75 Å². The van der Waals surface area contributed by atoms with Gasteiger partial charge in [-0.2, -0.15) is 0 Å². The number of methoxy groups -OCH3 is 1. The van der Waals surface area contributed by atoms with E-state index in [0.717, 1.165) is 7.11 Å². The molecule has 0 radical (unpaired) electrons. The van der Waals surface area contributed by atoms with E-state index in [1.807, 2.05) is 0 Å². The number of aromatic nitrogens is 1. The Morgan fingerprint density at radius 3 is 2.76 bits per heavy atom. The Balaban J connectivity index is 1.44. The number of benzene rings is 1. The van der Waals surface area contributed by atoms with E-state index in [2.05, 4.69) is 10.2 Å². The zero-order chi connectivity index (χ0) is 23.4. The Kier molecular flexibility index (Phi) is 6.45. The average Bonchev–Trinajstić information content (AvgIpc) is 2.84. The van der Waals surface area contributed by atoms with Gasteiger partial charge in [0.05, 0.1) is 20.3 Å². The number of fused-ring (bicyclic) bond motifs is 2. The third-order valence-electron chi connectivity index (χ3n) is 5.05. The summed E-state index contributed by atoms with van der Waals surface area (Å²) in [6.45, 7) is 0.282. The molecule has 2 unspecified atom stereocenters. The minimum absolute atomic E-state index is 0.0330. The third kappa shape index (κ3) is 4.60. The predicted octanol–water partition coefficient (Wildman–Crippen LogP) is 0.608. The van der Waals surface area contributed by atoms with E-state index < -0.39 is 36.4 Å². The number of hydrogen-bond donors (Lipinski definition) is 1. The first kappa shape index (κ1) is 22.1. The number of nitrogens with one attached hydrogen (secondary N) is 1. The van der Waals surface area contributed by atoms with Crippen LogP contribution < -0.4 is 15.6 Å². The zero-order valence-corrected chi connectivity index (χ0v) is 17.6. The van der Waals surface area contributed by atoms with Crippen LogP contribution in [0.1, 0.15) is 22.2 Å². The summed E-state index contributed by atoms with van der Waals surface area (Å²) in [6.07, 6.45) is -1.54. The van der Waals surface area contributed by atoms with Gasteiger partial charge >= 0.3 is 12.1 Å². The molecule has 2 atom stereocenters. The number of esters is 1. The maximum Gasteiger partial charge on any atom is 0.512 e. The topological polar surface area (TPSA) is 135 Å². The fraction of sp³-hybridized carbons (Fsp3) is 0.333. The summed E-state index contributed by atoms with van der Waals surface area (Å²) in [5, 5.41) is 0. The number of morpholine rings is 1. The summed E-state index contributed by atoms with van der Waals surface area (Å²) in [5.74, 6) is -1.52. The zero-order valence-electron chi connectivity index (χ0n) is 17.6. The minimum atomic E-state index is -1.34. The molecule has 12 nitrogen and oxygen atoms in total. The second kappa shape index (κ2) is 9.61. The molecule has 1 aromatic carbocycles. The summed E-state index contributed by atoms with van der Waals surface area (Å²) in [6, 6.07) is 9.44. The summed E-state index contributed by atoms with van der Waals surface area (Å²) in [7, 11) is 1.16. The van der Waals surface area contributed by atoms with E-state index in [0.29, 0.717) is 25.3 Å². The van der Waals surface area contributed by atoms with Gasteiger partial charge in [0.2, 0.25) is 24.1 Å². The molecule has 1 fully saturated rings. The molecular weight excluding hydrogens is 438 g/mol. The molecule has 2 aliphatic heterocycles. The number of amides is 1. The van der Waals surface area contributed by atoms with Gasteiger partial charge in [0, 0.05) is 24.4 Å². The lowest BCUT2D eigenvalue weighted by molar-refractivity contribution is -0.153. The smallest absolute Gasteiger partial charge is 0.466 e. The van der Waals surface area contributed by atoms with Gasteiger partial charge in [-0.25, -0.2) is 9.59 Å². The molecule has 1 saturated heterocycles. The van der Waals surface area contributed by atoms with Gasteiger partial charge in [-0.3, -0.25) is 14.3 Å². The molecule has 0 aliphatic carbocycles. The number of carbonyl (C=O) groups is 3. The summed E-state index contributed by atoms with van der Waals surface area (Å²) >= 11 is 0. The van der Waals surface area contributed by atoms with E-state index in [4.69, 9.17) is 18.9 Å². The van der Waals surface area contributed by atoms with Crippen LogP contribution in [0.2, 0.25) is 0 Å². The highest BCUT2D eigenvalue weighted by molar-refractivity contribution is 5.96. The number of hydrogen-bond acceptors (Lipinski definition) is 10. The summed E-state index contributed by atoms with van der Waals surface area (Å²) in [5.41, 5.74) is 2.83. The molecule has 0 saturated carbocycles. The number of carbonyl (C=O) groups excluding carboxylic acids is 3. The maximum absolute atomic E-state index is 12.9. The molecule has 4 rings (SSSR count). The lowest BCUT2D eigenvalue weighted by Gasteiger charge is -2.41. The van der Waals surface area contributed by atoms with Gasteiger partial charge in [0.25, 0.3) is 5.91 Å². The highest BCUT2D eigenvalue weighted by Crippen LogP contribution is 2.23. The Morgan fingerprint density at radius 2 is 2.00 bits per heavy atom. The molecule has 174 valence electrons. The number of ether oxygens (including phenoxy) is 5. The van der Waals surface area contributed by atoms with Crippen molar-refractivity contribution in [2.45, 2.75) is 12.3 Å². The van der Waals surface area contributed by atoms with Gasteiger partial charge in [-0.15, -0.1) is 0 Å². The van der Waals surface area contributed by atoms with Crippen molar-refractivity contribution in [2.24, 2.45) is 0 Å². The second-order valence-electron chi connectivity index (χ2n) is 7.03. The maximum atomic E-state index is 12.9. The summed E-state index contributed by atoms with van der Waals surface area (Å²) < 4.78 is 26.7. The van der Waals surface area contributed by atoms with Gasteiger partial charge in [-0.05, 0) is 0 Å². The van der Waals surface area contributed by atoms with Crippen molar-refractivity contribution in [1.29, 1.82) is 0 Å². The molecule has 2 aromatic rings. The van der Waals surface area contributed by atoms with Crippen LogP contribution in [0.4, 0.5) is 4.79 Å². The highest BCUT2D eigenvalue weighted by Gasteiger charge is 2.37. The van der Waals surface area contributed by atoms with Gasteiger partial charge < -0.3 is 34.0 Å². The first-order chi connectivity index (χ1) is 16.0. The van der Waals surface area contributed by atoms with Gasteiger partial charge in [0.15, 0.2) is 5.69 Å². The van der Waals surface area contributed by atoms with Crippen molar-refractivity contribution < 1.29 is 38.1 Å². The molecule has 1 N–H and O–H groups in total.